The van der Waals surface area contributed by atoms with E-state index in [1.54, 1.807) is 32.9 Å². The van der Waals surface area contributed by atoms with Crippen LogP contribution in [0.2, 0.25) is 0 Å². The summed E-state index contributed by atoms with van der Waals surface area (Å²) in [5.74, 6) is 0. The van der Waals surface area contributed by atoms with Gasteiger partial charge in [0.2, 0.25) is 0 Å². The van der Waals surface area contributed by atoms with Crippen LogP contribution in [0.4, 0.5) is 10.5 Å². The third kappa shape index (κ3) is 4.10. The first kappa shape index (κ1) is 14.0. The second kappa shape index (κ2) is 5.54. The van der Waals surface area contributed by atoms with Crippen LogP contribution in [0.3, 0.4) is 0 Å². The van der Waals surface area contributed by atoms with E-state index in [1.807, 2.05) is 13.0 Å². The molecule has 0 bridgehead atoms. The van der Waals surface area contributed by atoms with Crippen molar-refractivity contribution in [3.8, 4) is 6.07 Å². The van der Waals surface area contributed by atoms with Crippen LogP contribution in [-0.4, -0.2) is 11.7 Å². The van der Waals surface area contributed by atoms with E-state index in [0.717, 1.165) is 12.0 Å². The fraction of sp³-hybridized carbons (Fsp3) is 0.429. The highest BCUT2D eigenvalue weighted by atomic mass is 16.6. The van der Waals surface area contributed by atoms with Gasteiger partial charge in [-0.05, 0) is 44.9 Å². The van der Waals surface area contributed by atoms with Crippen molar-refractivity contribution in [3.05, 3.63) is 29.3 Å². The highest BCUT2D eigenvalue weighted by Crippen LogP contribution is 2.17. The zero-order valence-electron chi connectivity index (χ0n) is 11.2. The van der Waals surface area contributed by atoms with Crippen molar-refractivity contribution >= 4 is 11.8 Å². The van der Waals surface area contributed by atoms with Gasteiger partial charge in [0.1, 0.15) is 5.60 Å². The average Bonchev–Trinajstić information content (AvgIpc) is 2.26. The summed E-state index contributed by atoms with van der Waals surface area (Å²) >= 11 is 0. The predicted molar refractivity (Wildman–Crippen MR) is 70.4 cm³/mol. The van der Waals surface area contributed by atoms with E-state index in [-0.39, 0.29) is 0 Å². The highest BCUT2D eigenvalue weighted by Gasteiger charge is 2.16. The summed E-state index contributed by atoms with van der Waals surface area (Å²) in [5, 5.41) is 11.6. The Morgan fingerprint density at radius 3 is 2.61 bits per heavy atom. The smallest absolute Gasteiger partial charge is 0.412 e. The molecule has 0 heterocycles. The van der Waals surface area contributed by atoms with E-state index in [0.29, 0.717) is 11.3 Å². The molecule has 0 atom stereocenters. The Bertz CT molecular complexity index is 482. The van der Waals surface area contributed by atoms with E-state index in [9.17, 15) is 4.79 Å². The number of carbonyl (C=O) groups is 1. The van der Waals surface area contributed by atoms with Gasteiger partial charge in [0.25, 0.3) is 0 Å². The van der Waals surface area contributed by atoms with Crippen molar-refractivity contribution in [2.45, 2.75) is 39.7 Å². The summed E-state index contributed by atoms with van der Waals surface area (Å²) in [6.07, 6.45) is 0.269. The molecule has 0 spiro atoms. The van der Waals surface area contributed by atoms with Gasteiger partial charge in [0.15, 0.2) is 0 Å². The van der Waals surface area contributed by atoms with Gasteiger partial charge < -0.3 is 4.74 Å². The Labute approximate surface area is 108 Å². The van der Waals surface area contributed by atoms with Crippen LogP contribution >= 0.6 is 0 Å². The van der Waals surface area contributed by atoms with Crippen LogP contribution in [0.5, 0.6) is 0 Å². The Kier molecular flexibility index (Phi) is 4.33. The number of ether oxygens (including phenoxy) is 1. The zero-order valence-corrected chi connectivity index (χ0v) is 11.2. The number of hydrogen-bond donors (Lipinski definition) is 1. The van der Waals surface area contributed by atoms with Crippen LogP contribution < -0.4 is 5.32 Å². The Hall–Kier alpha value is -2.02. The first-order valence-electron chi connectivity index (χ1n) is 5.88. The fourth-order valence-corrected chi connectivity index (χ4v) is 1.49. The lowest BCUT2D eigenvalue weighted by molar-refractivity contribution is 0.0636. The molecule has 0 saturated carbocycles. The van der Waals surface area contributed by atoms with Crippen LogP contribution in [0.1, 0.15) is 38.8 Å². The number of rotatable bonds is 2. The normalized spacial score (nSPS) is 10.6. The number of benzene rings is 1. The summed E-state index contributed by atoms with van der Waals surface area (Å²) in [7, 11) is 0. The number of aryl methyl sites for hydroxylation is 1. The second-order valence-corrected chi connectivity index (χ2v) is 4.96. The number of nitriles is 1. The number of carbonyl (C=O) groups excluding carboxylic acids is 1. The monoisotopic (exact) mass is 246 g/mol. The van der Waals surface area contributed by atoms with Crippen molar-refractivity contribution in [2.75, 3.05) is 5.32 Å². The van der Waals surface area contributed by atoms with Crippen LogP contribution in [0, 0.1) is 11.3 Å². The van der Waals surface area contributed by atoms with Gasteiger partial charge in [0.05, 0.1) is 11.6 Å². The molecule has 0 saturated heterocycles. The molecule has 1 amide bonds. The number of hydrogen-bond acceptors (Lipinski definition) is 3. The molecule has 4 heteroatoms. The molecular formula is C14H18N2O2. The number of amides is 1. The molecule has 18 heavy (non-hydrogen) atoms. The maximum atomic E-state index is 11.6. The topological polar surface area (TPSA) is 62.1 Å². The van der Waals surface area contributed by atoms with Crippen molar-refractivity contribution in [1.29, 1.82) is 5.26 Å². The maximum absolute atomic E-state index is 11.6. The molecular weight excluding hydrogens is 228 g/mol. The molecule has 4 nitrogen and oxygen atoms in total. The lowest BCUT2D eigenvalue weighted by Crippen LogP contribution is -2.27. The Morgan fingerprint density at radius 2 is 2.11 bits per heavy atom. The van der Waals surface area contributed by atoms with Crippen molar-refractivity contribution in [1.82, 2.24) is 0 Å². The number of nitrogens with zero attached hydrogens (tertiary/aromatic N) is 1. The molecule has 0 unspecified atom stereocenters. The summed E-state index contributed by atoms with van der Waals surface area (Å²) in [4.78, 5) is 11.6. The second-order valence-electron chi connectivity index (χ2n) is 4.96. The quantitative estimate of drug-likeness (QED) is 0.869. The first-order chi connectivity index (χ1) is 8.35. The van der Waals surface area contributed by atoms with E-state index in [1.165, 1.54) is 0 Å². The first-order valence-corrected chi connectivity index (χ1v) is 5.88. The van der Waals surface area contributed by atoms with Gasteiger partial charge in [-0.2, -0.15) is 5.26 Å². The van der Waals surface area contributed by atoms with E-state index in [4.69, 9.17) is 10.00 Å². The highest BCUT2D eigenvalue weighted by molar-refractivity contribution is 5.85. The fourth-order valence-electron chi connectivity index (χ4n) is 1.49. The largest absolute Gasteiger partial charge is 0.444 e. The summed E-state index contributed by atoms with van der Waals surface area (Å²) in [6.45, 7) is 7.38. The SMILES string of the molecule is CCc1ccc(NC(=O)OC(C)(C)C)cc1C#N. The van der Waals surface area contributed by atoms with Crippen molar-refractivity contribution < 1.29 is 9.53 Å². The lowest BCUT2D eigenvalue weighted by atomic mass is 10.1. The van der Waals surface area contributed by atoms with Crippen LogP contribution in [0.25, 0.3) is 0 Å². The molecule has 96 valence electrons. The van der Waals surface area contributed by atoms with Crippen molar-refractivity contribution in [2.24, 2.45) is 0 Å². The third-order valence-electron chi connectivity index (χ3n) is 2.26. The Balaban J connectivity index is 2.81. The van der Waals surface area contributed by atoms with Gasteiger partial charge in [-0.15, -0.1) is 0 Å². The molecule has 0 aliphatic carbocycles. The zero-order chi connectivity index (χ0) is 13.8. The number of nitrogens with one attached hydrogen (secondary N) is 1. The van der Waals surface area contributed by atoms with E-state index < -0.39 is 11.7 Å². The van der Waals surface area contributed by atoms with E-state index in [2.05, 4.69) is 11.4 Å². The summed E-state index contributed by atoms with van der Waals surface area (Å²) in [6, 6.07) is 7.38. The maximum Gasteiger partial charge on any atom is 0.412 e. The molecule has 1 aromatic rings. The van der Waals surface area contributed by atoms with Gasteiger partial charge in [-0.3, -0.25) is 5.32 Å². The molecule has 0 fully saturated rings. The molecule has 0 aliphatic rings. The van der Waals surface area contributed by atoms with Crippen LogP contribution in [0.15, 0.2) is 18.2 Å². The van der Waals surface area contributed by atoms with Gasteiger partial charge in [-0.1, -0.05) is 13.0 Å². The third-order valence-corrected chi connectivity index (χ3v) is 2.26. The molecule has 1 rings (SSSR count). The minimum atomic E-state index is -0.536. The van der Waals surface area contributed by atoms with Crippen LogP contribution in [-0.2, 0) is 11.2 Å². The molecule has 0 radical (unpaired) electrons. The molecule has 1 N–H and O–H groups in total. The molecule has 1 aromatic carbocycles. The Morgan fingerprint density at radius 1 is 1.44 bits per heavy atom. The minimum Gasteiger partial charge on any atom is -0.444 e. The summed E-state index contributed by atoms with van der Waals surface area (Å²) in [5.41, 5.74) is 1.57. The average molecular weight is 246 g/mol. The standard InChI is InChI=1S/C14H18N2O2/c1-5-10-6-7-12(8-11(10)9-15)16-13(17)18-14(2,3)4/h6-8H,5H2,1-4H3,(H,16,17). The lowest BCUT2D eigenvalue weighted by Gasteiger charge is -2.19. The van der Waals surface area contributed by atoms with Gasteiger partial charge >= 0.3 is 6.09 Å². The van der Waals surface area contributed by atoms with E-state index >= 15 is 0 Å². The van der Waals surface area contributed by atoms with Crippen molar-refractivity contribution in [3.63, 3.8) is 0 Å². The summed E-state index contributed by atoms with van der Waals surface area (Å²) < 4.78 is 5.14. The molecule has 0 aromatic heterocycles. The van der Waals surface area contributed by atoms with Gasteiger partial charge in [-0.25, -0.2) is 4.79 Å². The number of anilines is 1. The molecule has 0 aliphatic heterocycles. The minimum absolute atomic E-state index is 0.518. The predicted octanol–water partition coefficient (Wildman–Crippen LogP) is 3.47. The van der Waals surface area contributed by atoms with Gasteiger partial charge in [0, 0.05) is 5.69 Å².